The summed E-state index contributed by atoms with van der Waals surface area (Å²) < 4.78 is 6.79. The van der Waals surface area contributed by atoms with Gasteiger partial charge in [0, 0.05) is 19.5 Å². The number of aryl methyl sites for hydroxylation is 2. The van der Waals surface area contributed by atoms with Crippen molar-refractivity contribution in [3.63, 3.8) is 0 Å². The Morgan fingerprint density at radius 1 is 1.44 bits per heavy atom. The summed E-state index contributed by atoms with van der Waals surface area (Å²) in [7, 11) is 3.52. The van der Waals surface area contributed by atoms with Crippen molar-refractivity contribution < 1.29 is 9.45 Å². The van der Waals surface area contributed by atoms with Gasteiger partial charge in [-0.1, -0.05) is 12.1 Å². The smallest absolute Gasteiger partial charge is 0.333 e. The molecule has 11 heteroatoms. The van der Waals surface area contributed by atoms with Crippen molar-refractivity contribution in [3.05, 3.63) is 27.5 Å². The van der Waals surface area contributed by atoms with Crippen molar-refractivity contribution in [2.75, 3.05) is 12.4 Å². The van der Waals surface area contributed by atoms with Crippen molar-refractivity contribution >= 4 is 23.9 Å². The van der Waals surface area contributed by atoms with E-state index in [0.29, 0.717) is 36.1 Å². The molecule has 0 spiro atoms. The Balaban J connectivity index is 0.00000312. The summed E-state index contributed by atoms with van der Waals surface area (Å²) in [4.78, 5) is 15.2. The van der Waals surface area contributed by atoms with E-state index in [0.717, 1.165) is 0 Å². The highest BCUT2D eigenvalue weighted by Gasteiger charge is 2.28. The van der Waals surface area contributed by atoms with Crippen LogP contribution < -0.4 is 10.6 Å². The predicted octanol–water partition coefficient (Wildman–Crippen LogP) is 2.16. The maximum Gasteiger partial charge on any atom is 0.333 e. The Labute approximate surface area is 151 Å². The molecule has 2 atom stereocenters. The SMILES string of the molecule is CCC(Nc1c([N+](=O)[O-])c(C)nn1C)c1nc(CC(C)NC)no1.Cl. The maximum atomic E-state index is 11.3. The lowest BCUT2D eigenvalue weighted by Crippen LogP contribution is -2.24. The van der Waals surface area contributed by atoms with Crippen molar-refractivity contribution in [1.29, 1.82) is 0 Å². The Kier molecular flexibility index (Phi) is 7.31. The van der Waals surface area contributed by atoms with Gasteiger partial charge in [-0.2, -0.15) is 10.1 Å². The second-order valence-corrected chi connectivity index (χ2v) is 5.71. The lowest BCUT2D eigenvalue weighted by Gasteiger charge is -2.13. The molecule has 0 aromatic carbocycles. The van der Waals surface area contributed by atoms with E-state index in [9.17, 15) is 10.1 Å². The number of aromatic nitrogens is 4. The van der Waals surface area contributed by atoms with E-state index in [1.807, 2.05) is 20.9 Å². The molecule has 140 valence electrons. The largest absolute Gasteiger partial charge is 0.353 e. The van der Waals surface area contributed by atoms with Gasteiger partial charge in [0.1, 0.15) is 11.7 Å². The molecule has 0 amide bonds. The van der Waals surface area contributed by atoms with Crippen LogP contribution in [0.5, 0.6) is 0 Å². The van der Waals surface area contributed by atoms with Crippen LogP contribution in [0.4, 0.5) is 11.5 Å². The molecule has 0 saturated heterocycles. The Hall–Kier alpha value is -2.20. The zero-order valence-electron chi connectivity index (χ0n) is 14.9. The molecule has 0 fully saturated rings. The fraction of sp³-hybridized carbons (Fsp3) is 0.643. The van der Waals surface area contributed by atoms with Crippen molar-refractivity contribution in [2.24, 2.45) is 7.05 Å². The molecular weight excluding hydrogens is 350 g/mol. The fourth-order valence-corrected chi connectivity index (χ4v) is 2.40. The first-order chi connectivity index (χ1) is 11.4. The topological polar surface area (TPSA) is 124 Å². The number of rotatable bonds is 8. The minimum absolute atomic E-state index is 0. The second-order valence-electron chi connectivity index (χ2n) is 5.71. The van der Waals surface area contributed by atoms with Gasteiger partial charge in [-0.25, -0.2) is 4.68 Å². The zero-order chi connectivity index (χ0) is 17.9. The summed E-state index contributed by atoms with van der Waals surface area (Å²) in [5.74, 6) is 1.33. The van der Waals surface area contributed by atoms with E-state index >= 15 is 0 Å². The molecule has 2 aromatic rings. The van der Waals surface area contributed by atoms with Gasteiger partial charge in [0.05, 0.1) is 4.92 Å². The van der Waals surface area contributed by atoms with Gasteiger partial charge in [-0.3, -0.25) is 10.1 Å². The number of nitro groups is 1. The van der Waals surface area contributed by atoms with E-state index in [2.05, 4.69) is 25.9 Å². The van der Waals surface area contributed by atoms with Gasteiger partial charge in [-0.15, -0.1) is 12.4 Å². The molecule has 0 aliphatic heterocycles. The average Bonchev–Trinajstić information content (AvgIpc) is 3.08. The summed E-state index contributed by atoms with van der Waals surface area (Å²) >= 11 is 0. The van der Waals surface area contributed by atoms with E-state index in [4.69, 9.17) is 4.52 Å². The lowest BCUT2D eigenvalue weighted by atomic mass is 10.2. The molecule has 2 unspecified atom stereocenters. The molecule has 2 rings (SSSR count). The zero-order valence-corrected chi connectivity index (χ0v) is 15.8. The van der Waals surface area contributed by atoms with Gasteiger partial charge in [0.2, 0.25) is 11.7 Å². The number of likely N-dealkylation sites (N-methyl/N-ethyl adjacent to an activating group) is 1. The maximum absolute atomic E-state index is 11.3. The number of anilines is 1. The lowest BCUT2D eigenvalue weighted by molar-refractivity contribution is -0.384. The highest BCUT2D eigenvalue weighted by atomic mass is 35.5. The first-order valence-corrected chi connectivity index (χ1v) is 7.81. The Morgan fingerprint density at radius 3 is 2.68 bits per heavy atom. The first kappa shape index (κ1) is 20.8. The molecule has 2 aromatic heterocycles. The van der Waals surface area contributed by atoms with E-state index in [-0.39, 0.29) is 30.2 Å². The van der Waals surface area contributed by atoms with Gasteiger partial charge >= 0.3 is 5.69 Å². The minimum atomic E-state index is -0.439. The number of nitrogens with zero attached hydrogens (tertiary/aromatic N) is 5. The van der Waals surface area contributed by atoms with Crippen LogP contribution in [0.1, 0.15) is 43.7 Å². The highest BCUT2D eigenvalue weighted by molar-refractivity contribution is 5.85. The van der Waals surface area contributed by atoms with Crippen LogP contribution in [0, 0.1) is 17.0 Å². The van der Waals surface area contributed by atoms with E-state index in [1.165, 1.54) is 4.68 Å². The summed E-state index contributed by atoms with van der Waals surface area (Å²) in [6.45, 7) is 5.56. The van der Waals surface area contributed by atoms with Gasteiger partial charge in [0.25, 0.3) is 0 Å². The van der Waals surface area contributed by atoms with Gasteiger partial charge in [0.15, 0.2) is 5.82 Å². The van der Waals surface area contributed by atoms with E-state index < -0.39 is 4.92 Å². The molecule has 0 aliphatic carbocycles. The number of nitrogens with one attached hydrogen (secondary N) is 2. The fourth-order valence-electron chi connectivity index (χ4n) is 2.40. The summed E-state index contributed by atoms with van der Waals surface area (Å²) in [6.07, 6.45) is 1.27. The monoisotopic (exact) mass is 373 g/mol. The van der Waals surface area contributed by atoms with Crippen molar-refractivity contribution in [3.8, 4) is 0 Å². The number of hydrogen-bond acceptors (Lipinski definition) is 8. The third-order valence-electron chi connectivity index (χ3n) is 3.86. The predicted molar refractivity (Wildman–Crippen MR) is 95.0 cm³/mol. The molecule has 0 bridgehead atoms. The molecule has 25 heavy (non-hydrogen) atoms. The molecule has 2 heterocycles. The summed E-state index contributed by atoms with van der Waals surface area (Å²) in [5, 5.41) is 25.6. The van der Waals surface area contributed by atoms with Crippen LogP contribution in [0.25, 0.3) is 0 Å². The molecular formula is C14H24ClN7O3. The minimum Gasteiger partial charge on any atom is -0.353 e. The first-order valence-electron chi connectivity index (χ1n) is 7.81. The molecule has 0 saturated carbocycles. The van der Waals surface area contributed by atoms with Gasteiger partial charge < -0.3 is 15.2 Å². The molecule has 2 N–H and O–H groups in total. The Bertz CT molecular complexity index is 715. The number of hydrogen-bond donors (Lipinski definition) is 2. The van der Waals surface area contributed by atoms with Gasteiger partial charge in [-0.05, 0) is 27.3 Å². The normalized spacial score (nSPS) is 13.2. The molecule has 0 aliphatic rings. The third kappa shape index (κ3) is 4.67. The van der Waals surface area contributed by atoms with E-state index in [1.54, 1.807) is 14.0 Å². The summed E-state index contributed by atoms with van der Waals surface area (Å²) in [6, 6.07) is -0.103. The second kappa shape index (κ2) is 8.77. The molecule has 10 nitrogen and oxygen atoms in total. The van der Waals surface area contributed by atoms with Crippen molar-refractivity contribution in [2.45, 2.75) is 45.7 Å². The van der Waals surface area contributed by atoms with Crippen LogP contribution >= 0.6 is 12.4 Å². The summed E-state index contributed by atoms with van der Waals surface area (Å²) in [5.41, 5.74) is 0.313. The Morgan fingerprint density at radius 2 is 2.12 bits per heavy atom. The van der Waals surface area contributed by atoms with Crippen LogP contribution in [-0.4, -0.2) is 37.9 Å². The third-order valence-corrected chi connectivity index (χ3v) is 3.86. The van der Waals surface area contributed by atoms with Crippen LogP contribution in [0.2, 0.25) is 0 Å². The highest BCUT2D eigenvalue weighted by Crippen LogP contribution is 2.31. The average molecular weight is 374 g/mol. The number of halogens is 1. The molecule has 0 radical (unpaired) electrons. The quantitative estimate of drug-likeness (QED) is 0.532. The van der Waals surface area contributed by atoms with Crippen molar-refractivity contribution in [1.82, 2.24) is 25.2 Å². The standard InChI is InChI=1S/C14H23N7O3.ClH/c1-6-10(14-17-11(19-24-14)7-8(2)15-4)16-13-12(21(22)23)9(3)18-20(13)5;/h8,10,15-16H,6-7H2,1-5H3;1H. The van der Waals surface area contributed by atoms with Crippen LogP contribution in [0.3, 0.4) is 0 Å². The van der Waals surface area contributed by atoms with Crippen LogP contribution in [-0.2, 0) is 13.5 Å². The van der Waals surface area contributed by atoms with Crippen LogP contribution in [0.15, 0.2) is 4.52 Å².